The first-order valence-electron chi connectivity index (χ1n) is 5.53. The summed E-state index contributed by atoms with van der Waals surface area (Å²) in [5.41, 5.74) is -1.01. The molecule has 5 nitrogen and oxygen atoms in total. The Balaban J connectivity index is 2.20. The Kier molecular flexibility index (Phi) is 4.13. The third kappa shape index (κ3) is 2.91. The number of amides is 1. The monoisotopic (exact) mass is 347 g/mol. The van der Waals surface area contributed by atoms with Crippen LogP contribution in [0.5, 0.6) is 0 Å². The fourth-order valence-electron chi connectivity index (χ4n) is 1.81. The van der Waals surface area contributed by atoms with Gasteiger partial charge in [-0.1, -0.05) is 11.6 Å². The van der Waals surface area contributed by atoms with E-state index < -0.39 is 17.4 Å². The van der Waals surface area contributed by atoms with E-state index in [1.54, 1.807) is 12.1 Å². The second-order valence-electron chi connectivity index (χ2n) is 4.27. The Labute approximate surface area is 123 Å². The number of carboxylic acids is 1. The first-order chi connectivity index (χ1) is 8.94. The Morgan fingerprint density at radius 3 is 2.74 bits per heavy atom. The number of rotatable bonds is 3. The third-order valence-corrected chi connectivity index (χ3v) is 4.18. The second kappa shape index (κ2) is 5.48. The number of carbonyl (C=O) groups is 2. The minimum atomic E-state index is -1.34. The summed E-state index contributed by atoms with van der Waals surface area (Å²) in [6.07, 6.45) is 0.253. The SMILES string of the molecule is O=C(NC1(C(=O)O)CCOC1)c1ccc(Cl)c(Br)c1. The Morgan fingerprint density at radius 2 is 2.21 bits per heavy atom. The lowest BCUT2D eigenvalue weighted by Crippen LogP contribution is -2.55. The molecule has 1 aliphatic heterocycles. The van der Waals surface area contributed by atoms with Crippen LogP contribution in [0.1, 0.15) is 16.8 Å². The van der Waals surface area contributed by atoms with E-state index >= 15 is 0 Å². The number of carbonyl (C=O) groups excluding carboxylic acids is 1. The first kappa shape index (κ1) is 14.3. The molecule has 1 heterocycles. The van der Waals surface area contributed by atoms with Gasteiger partial charge in [-0.2, -0.15) is 0 Å². The summed E-state index contributed by atoms with van der Waals surface area (Å²) < 4.78 is 5.65. The fourth-order valence-corrected chi connectivity index (χ4v) is 2.31. The topological polar surface area (TPSA) is 75.6 Å². The van der Waals surface area contributed by atoms with Crippen molar-refractivity contribution in [2.75, 3.05) is 13.2 Å². The van der Waals surface area contributed by atoms with E-state index in [9.17, 15) is 14.7 Å². The molecule has 0 aromatic heterocycles. The predicted octanol–water partition coefficient (Wildman–Crippen LogP) is 2.08. The van der Waals surface area contributed by atoms with Gasteiger partial charge >= 0.3 is 5.97 Å². The van der Waals surface area contributed by atoms with E-state index in [1.165, 1.54) is 6.07 Å². The zero-order valence-electron chi connectivity index (χ0n) is 9.78. The van der Waals surface area contributed by atoms with Crippen molar-refractivity contribution in [1.29, 1.82) is 0 Å². The summed E-state index contributed by atoms with van der Waals surface area (Å²) in [5, 5.41) is 12.2. The molecule has 0 saturated carbocycles. The van der Waals surface area contributed by atoms with E-state index in [-0.39, 0.29) is 13.0 Å². The molecule has 0 aliphatic carbocycles. The van der Waals surface area contributed by atoms with Crippen LogP contribution in [0.25, 0.3) is 0 Å². The van der Waals surface area contributed by atoms with Gasteiger partial charge in [0.15, 0.2) is 5.54 Å². The largest absolute Gasteiger partial charge is 0.479 e. The van der Waals surface area contributed by atoms with Gasteiger partial charge in [0.25, 0.3) is 5.91 Å². The average molecular weight is 349 g/mol. The predicted molar refractivity (Wildman–Crippen MR) is 72.4 cm³/mol. The highest BCUT2D eigenvalue weighted by molar-refractivity contribution is 9.10. The lowest BCUT2D eigenvalue weighted by atomic mass is 9.98. The molecular formula is C12H11BrClNO4. The van der Waals surface area contributed by atoms with Gasteiger partial charge in [0.1, 0.15) is 0 Å². The number of halogens is 2. The van der Waals surface area contributed by atoms with Crippen LogP contribution in [0, 0.1) is 0 Å². The number of aliphatic carboxylic acids is 1. The van der Waals surface area contributed by atoms with Crippen molar-refractivity contribution in [1.82, 2.24) is 5.32 Å². The summed E-state index contributed by atoms with van der Waals surface area (Å²) in [4.78, 5) is 23.4. The lowest BCUT2D eigenvalue weighted by molar-refractivity contribution is -0.144. The minimum Gasteiger partial charge on any atom is -0.479 e. The summed E-state index contributed by atoms with van der Waals surface area (Å²) >= 11 is 9.06. The van der Waals surface area contributed by atoms with Crippen molar-refractivity contribution >= 4 is 39.4 Å². The van der Waals surface area contributed by atoms with E-state index in [0.717, 1.165) is 0 Å². The van der Waals surface area contributed by atoms with Crippen LogP contribution in [0.2, 0.25) is 5.02 Å². The maximum Gasteiger partial charge on any atom is 0.331 e. The summed E-state index contributed by atoms with van der Waals surface area (Å²) in [6.45, 7) is 0.291. The molecular weight excluding hydrogens is 337 g/mol. The zero-order chi connectivity index (χ0) is 14.0. The summed E-state index contributed by atoms with van der Waals surface area (Å²) in [5.74, 6) is -1.56. The number of hydrogen-bond donors (Lipinski definition) is 2. The van der Waals surface area contributed by atoms with Gasteiger partial charge in [-0.05, 0) is 34.1 Å². The van der Waals surface area contributed by atoms with Crippen molar-refractivity contribution in [2.45, 2.75) is 12.0 Å². The van der Waals surface area contributed by atoms with Gasteiger partial charge in [0.05, 0.1) is 11.6 Å². The maximum absolute atomic E-state index is 12.1. The first-order valence-corrected chi connectivity index (χ1v) is 6.70. The number of benzene rings is 1. The minimum absolute atomic E-state index is 0.0250. The summed E-state index contributed by atoms with van der Waals surface area (Å²) in [7, 11) is 0. The standard InChI is InChI=1S/C12H11BrClNO4/c13-8-5-7(1-2-9(8)14)10(16)15-12(11(17)18)3-4-19-6-12/h1-2,5H,3-4,6H2,(H,15,16)(H,17,18). The van der Waals surface area contributed by atoms with Crippen LogP contribution in [-0.2, 0) is 9.53 Å². The Bertz CT molecular complexity index is 528. The van der Waals surface area contributed by atoms with E-state index in [4.69, 9.17) is 16.3 Å². The molecule has 1 fully saturated rings. The fraction of sp³-hybridized carbons (Fsp3) is 0.333. The highest BCUT2D eigenvalue weighted by Gasteiger charge is 2.44. The Hall–Kier alpha value is -1.11. The number of hydrogen-bond acceptors (Lipinski definition) is 3. The van der Waals surface area contributed by atoms with Crippen LogP contribution in [0.3, 0.4) is 0 Å². The molecule has 0 radical (unpaired) electrons. The molecule has 102 valence electrons. The van der Waals surface area contributed by atoms with Crippen molar-refractivity contribution in [3.8, 4) is 0 Å². The van der Waals surface area contributed by atoms with E-state index in [0.29, 0.717) is 21.7 Å². The molecule has 0 spiro atoms. The molecule has 0 bridgehead atoms. The van der Waals surface area contributed by atoms with Gasteiger partial charge in [0.2, 0.25) is 0 Å². The molecule has 1 unspecified atom stereocenters. The summed E-state index contributed by atoms with van der Waals surface area (Å²) in [6, 6.07) is 4.65. The third-order valence-electron chi connectivity index (χ3n) is 2.97. The number of nitrogens with one attached hydrogen (secondary N) is 1. The highest BCUT2D eigenvalue weighted by Crippen LogP contribution is 2.24. The normalized spacial score (nSPS) is 22.2. The highest BCUT2D eigenvalue weighted by atomic mass is 79.9. The van der Waals surface area contributed by atoms with Crippen LogP contribution in [0.15, 0.2) is 22.7 Å². The molecule has 2 N–H and O–H groups in total. The van der Waals surface area contributed by atoms with Crippen LogP contribution in [-0.4, -0.2) is 35.7 Å². The smallest absolute Gasteiger partial charge is 0.331 e. The lowest BCUT2D eigenvalue weighted by Gasteiger charge is -2.23. The molecule has 1 atom stereocenters. The van der Waals surface area contributed by atoms with Crippen LogP contribution < -0.4 is 5.32 Å². The quantitative estimate of drug-likeness (QED) is 0.877. The molecule has 1 aromatic rings. The van der Waals surface area contributed by atoms with Gasteiger partial charge in [-0.3, -0.25) is 4.79 Å². The van der Waals surface area contributed by atoms with Gasteiger partial charge in [-0.15, -0.1) is 0 Å². The molecule has 1 aromatic carbocycles. The van der Waals surface area contributed by atoms with Crippen molar-refractivity contribution in [3.05, 3.63) is 33.3 Å². The van der Waals surface area contributed by atoms with Crippen LogP contribution in [0.4, 0.5) is 0 Å². The molecule has 2 rings (SSSR count). The molecule has 19 heavy (non-hydrogen) atoms. The van der Waals surface area contributed by atoms with Crippen molar-refractivity contribution in [3.63, 3.8) is 0 Å². The molecule has 1 amide bonds. The maximum atomic E-state index is 12.1. The second-order valence-corrected chi connectivity index (χ2v) is 5.53. The Morgan fingerprint density at radius 1 is 1.47 bits per heavy atom. The van der Waals surface area contributed by atoms with Gasteiger partial charge in [-0.25, -0.2) is 4.79 Å². The average Bonchev–Trinajstić information content (AvgIpc) is 2.82. The number of ether oxygens (including phenoxy) is 1. The van der Waals surface area contributed by atoms with Crippen LogP contribution >= 0.6 is 27.5 Å². The van der Waals surface area contributed by atoms with Crippen molar-refractivity contribution in [2.24, 2.45) is 0 Å². The zero-order valence-corrected chi connectivity index (χ0v) is 12.1. The number of carboxylic acid groups (broad SMARTS) is 1. The van der Waals surface area contributed by atoms with E-state index in [1.807, 2.05) is 0 Å². The van der Waals surface area contributed by atoms with Crippen molar-refractivity contribution < 1.29 is 19.4 Å². The molecule has 7 heteroatoms. The molecule has 1 aliphatic rings. The van der Waals surface area contributed by atoms with Gasteiger partial charge in [0, 0.05) is 23.1 Å². The molecule has 1 saturated heterocycles. The van der Waals surface area contributed by atoms with Gasteiger partial charge < -0.3 is 15.2 Å². The van der Waals surface area contributed by atoms with E-state index in [2.05, 4.69) is 21.2 Å².